The zero-order valence-corrected chi connectivity index (χ0v) is 13.7. The van der Waals surface area contributed by atoms with Crippen LogP contribution in [0.3, 0.4) is 0 Å². The number of aliphatic hydroxyl groups is 1. The highest BCUT2D eigenvalue weighted by Crippen LogP contribution is 2.49. The molecule has 118 valence electrons. The molecule has 4 rings (SSSR count). The average Bonchev–Trinajstić information content (AvgIpc) is 3.05. The van der Waals surface area contributed by atoms with E-state index in [4.69, 9.17) is 4.74 Å². The smallest absolute Gasteiger partial charge is 0.375 e. The summed E-state index contributed by atoms with van der Waals surface area (Å²) in [6.07, 6.45) is 2.37. The number of thiazole rings is 1. The molecule has 0 radical (unpaired) electrons. The number of Topliss-reactive ketones (excluding diaryl/α,β-unsaturated/α-hetero) is 1. The van der Waals surface area contributed by atoms with Gasteiger partial charge in [0.15, 0.2) is 10.1 Å². The van der Waals surface area contributed by atoms with Crippen LogP contribution in [-0.4, -0.2) is 27.4 Å². The minimum atomic E-state index is -1.30. The van der Waals surface area contributed by atoms with E-state index in [9.17, 15) is 14.7 Å². The Morgan fingerprint density at radius 1 is 1.26 bits per heavy atom. The van der Waals surface area contributed by atoms with Crippen molar-refractivity contribution >= 4 is 45.1 Å². The quantitative estimate of drug-likeness (QED) is 0.837. The predicted octanol–water partition coefficient (Wildman–Crippen LogP) is 3.60. The first-order chi connectivity index (χ1) is 11.1. The van der Waals surface area contributed by atoms with E-state index in [0.717, 1.165) is 23.1 Å². The molecule has 1 N–H and O–H groups in total. The molecule has 5 nitrogen and oxygen atoms in total. The van der Waals surface area contributed by atoms with Gasteiger partial charge in [-0.25, -0.2) is 9.78 Å². The number of aromatic nitrogens is 1. The van der Waals surface area contributed by atoms with E-state index in [1.807, 2.05) is 24.3 Å². The Labute approximate surface area is 140 Å². The van der Waals surface area contributed by atoms with Crippen LogP contribution in [0.4, 0.5) is 0 Å². The summed E-state index contributed by atoms with van der Waals surface area (Å²) in [5.41, 5.74) is -0.448. The van der Waals surface area contributed by atoms with Crippen molar-refractivity contribution in [3.8, 4) is 0 Å². The Morgan fingerprint density at radius 3 is 2.87 bits per heavy atom. The van der Waals surface area contributed by atoms with E-state index < -0.39 is 17.3 Å². The van der Waals surface area contributed by atoms with Crippen molar-refractivity contribution in [2.24, 2.45) is 0 Å². The highest BCUT2D eigenvalue weighted by molar-refractivity contribution is 8.05. The number of benzene rings is 1. The molecule has 1 aromatic heterocycles. The summed E-state index contributed by atoms with van der Waals surface area (Å²) in [7, 11) is 0. The van der Waals surface area contributed by atoms with Crippen molar-refractivity contribution in [3.63, 3.8) is 0 Å². The summed E-state index contributed by atoms with van der Waals surface area (Å²) in [5, 5.41) is 10.1. The molecule has 1 atom stereocenters. The lowest BCUT2D eigenvalue weighted by molar-refractivity contribution is -0.159. The molecule has 2 heterocycles. The van der Waals surface area contributed by atoms with Crippen LogP contribution >= 0.6 is 23.1 Å². The molecule has 23 heavy (non-hydrogen) atoms. The first-order valence-corrected chi connectivity index (χ1v) is 8.97. The number of para-hydroxylation sites is 1. The van der Waals surface area contributed by atoms with Crippen LogP contribution in [0, 0.1) is 0 Å². The standard InChI is InChI=1S/C16H13NO4S2/c18-11-7-3-4-8-16(11)13(12(19)14(20)21-16)23-15-17-9-5-1-2-6-10(9)22-15/h1-2,5-6,19H,3-4,7-8H2. The van der Waals surface area contributed by atoms with Crippen LogP contribution in [0.5, 0.6) is 0 Å². The Morgan fingerprint density at radius 2 is 2.09 bits per heavy atom. The fraction of sp³-hybridized carbons (Fsp3) is 0.312. The normalized spacial score (nSPS) is 24.7. The third-order valence-electron chi connectivity index (χ3n) is 4.14. The van der Waals surface area contributed by atoms with Crippen molar-refractivity contribution in [2.75, 3.05) is 0 Å². The summed E-state index contributed by atoms with van der Waals surface area (Å²) in [5.74, 6) is -1.40. The molecule has 0 saturated heterocycles. The molecule has 1 aromatic carbocycles. The third-order valence-corrected chi connectivity index (χ3v) is 6.46. The number of carbonyl (C=O) groups is 2. The number of rotatable bonds is 2. The summed E-state index contributed by atoms with van der Waals surface area (Å²) < 4.78 is 7.02. The zero-order chi connectivity index (χ0) is 16.0. The van der Waals surface area contributed by atoms with E-state index in [2.05, 4.69) is 4.98 Å². The molecule has 1 fully saturated rings. The van der Waals surface area contributed by atoms with E-state index in [1.165, 1.54) is 23.1 Å². The highest BCUT2D eigenvalue weighted by Gasteiger charge is 2.54. The number of esters is 1. The molecule has 1 spiro atoms. The number of hydrogen-bond donors (Lipinski definition) is 1. The minimum absolute atomic E-state index is 0.134. The average molecular weight is 347 g/mol. The van der Waals surface area contributed by atoms with Crippen LogP contribution in [0.25, 0.3) is 10.2 Å². The fourth-order valence-electron chi connectivity index (χ4n) is 3.00. The highest BCUT2D eigenvalue weighted by atomic mass is 32.2. The van der Waals surface area contributed by atoms with Gasteiger partial charge in [-0.3, -0.25) is 4.79 Å². The largest absolute Gasteiger partial charge is 0.501 e. The van der Waals surface area contributed by atoms with Gasteiger partial charge in [0.2, 0.25) is 11.4 Å². The van der Waals surface area contributed by atoms with Crippen molar-refractivity contribution in [2.45, 2.75) is 35.6 Å². The Kier molecular flexibility index (Phi) is 3.42. The van der Waals surface area contributed by atoms with Crippen molar-refractivity contribution in [3.05, 3.63) is 34.9 Å². The first kappa shape index (κ1) is 14.7. The molecule has 7 heteroatoms. The second-order valence-electron chi connectivity index (χ2n) is 5.57. The van der Waals surface area contributed by atoms with Gasteiger partial charge in [0.25, 0.3) is 0 Å². The molecule has 0 amide bonds. The third kappa shape index (κ3) is 2.26. The number of nitrogens with zero attached hydrogens (tertiary/aromatic N) is 1. The van der Waals surface area contributed by atoms with Crippen molar-refractivity contribution in [1.82, 2.24) is 4.98 Å². The van der Waals surface area contributed by atoms with Gasteiger partial charge in [-0.15, -0.1) is 11.3 Å². The van der Waals surface area contributed by atoms with Gasteiger partial charge >= 0.3 is 5.97 Å². The first-order valence-electron chi connectivity index (χ1n) is 7.34. The maximum absolute atomic E-state index is 12.4. The molecule has 0 bridgehead atoms. The summed E-state index contributed by atoms with van der Waals surface area (Å²) in [4.78, 5) is 29.1. The number of carbonyl (C=O) groups excluding carboxylic acids is 2. The maximum atomic E-state index is 12.4. The lowest BCUT2D eigenvalue weighted by atomic mass is 9.83. The Hall–Kier alpha value is -1.86. The molecule has 1 aliphatic carbocycles. The zero-order valence-electron chi connectivity index (χ0n) is 12.1. The number of fused-ring (bicyclic) bond motifs is 1. The fourth-order valence-corrected chi connectivity index (χ4v) is 5.30. The van der Waals surface area contributed by atoms with Gasteiger partial charge in [-0.2, -0.15) is 0 Å². The van der Waals surface area contributed by atoms with E-state index in [0.29, 0.717) is 22.1 Å². The number of ketones is 1. The SMILES string of the molecule is O=C1OC2(CCCCC2=O)C(Sc2nc3ccccc3s2)=C1O. The minimum Gasteiger partial charge on any atom is -0.501 e. The summed E-state index contributed by atoms with van der Waals surface area (Å²) >= 11 is 2.63. The second kappa shape index (κ2) is 5.35. The second-order valence-corrected chi connectivity index (χ2v) is 7.86. The van der Waals surface area contributed by atoms with Crippen LogP contribution < -0.4 is 0 Å². The van der Waals surface area contributed by atoms with Crippen LogP contribution in [-0.2, 0) is 14.3 Å². The number of ether oxygens (including phenoxy) is 1. The Bertz CT molecular complexity index is 824. The topological polar surface area (TPSA) is 76.5 Å². The van der Waals surface area contributed by atoms with E-state index >= 15 is 0 Å². The van der Waals surface area contributed by atoms with Gasteiger partial charge in [0.1, 0.15) is 0 Å². The van der Waals surface area contributed by atoms with Crippen molar-refractivity contribution < 1.29 is 19.4 Å². The van der Waals surface area contributed by atoms with Crippen LogP contribution in [0.15, 0.2) is 39.3 Å². The van der Waals surface area contributed by atoms with Gasteiger partial charge in [0, 0.05) is 6.42 Å². The van der Waals surface area contributed by atoms with Crippen molar-refractivity contribution in [1.29, 1.82) is 0 Å². The molecule has 2 aliphatic rings. The lowest BCUT2D eigenvalue weighted by Gasteiger charge is -2.31. The maximum Gasteiger partial charge on any atom is 0.375 e. The Balaban J connectivity index is 1.75. The summed E-state index contributed by atoms with van der Waals surface area (Å²) in [6, 6.07) is 7.70. The molecule has 1 unspecified atom stereocenters. The molecule has 1 saturated carbocycles. The van der Waals surface area contributed by atoms with Gasteiger partial charge in [0.05, 0.1) is 15.1 Å². The van der Waals surface area contributed by atoms with Crippen LogP contribution in [0.1, 0.15) is 25.7 Å². The lowest BCUT2D eigenvalue weighted by Crippen LogP contribution is -2.43. The predicted molar refractivity (Wildman–Crippen MR) is 87.4 cm³/mol. The molecule has 1 aliphatic heterocycles. The van der Waals surface area contributed by atoms with Crippen LogP contribution in [0.2, 0.25) is 0 Å². The van der Waals surface area contributed by atoms with E-state index in [1.54, 1.807) is 0 Å². The van der Waals surface area contributed by atoms with E-state index in [-0.39, 0.29) is 5.78 Å². The molecule has 2 aromatic rings. The molecular formula is C16H13NO4S2. The summed E-state index contributed by atoms with van der Waals surface area (Å²) in [6.45, 7) is 0. The monoisotopic (exact) mass is 347 g/mol. The van der Waals surface area contributed by atoms with Gasteiger partial charge < -0.3 is 9.84 Å². The van der Waals surface area contributed by atoms with Gasteiger partial charge in [-0.1, -0.05) is 23.9 Å². The van der Waals surface area contributed by atoms with Gasteiger partial charge in [-0.05, 0) is 31.4 Å². The number of aliphatic hydroxyl groups excluding tert-OH is 1. The molecular weight excluding hydrogens is 334 g/mol. The number of hydrogen-bond acceptors (Lipinski definition) is 7. The number of thioether (sulfide) groups is 1.